The van der Waals surface area contributed by atoms with Crippen molar-refractivity contribution < 1.29 is 14.6 Å². The first kappa shape index (κ1) is 14.9. The Labute approximate surface area is 123 Å². The fourth-order valence-electron chi connectivity index (χ4n) is 2.47. The number of ether oxygens (including phenoxy) is 1. The predicted octanol–water partition coefficient (Wildman–Crippen LogP) is 3.05. The molecule has 0 bridgehead atoms. The Morgan fingerprint density at radius 3 is 2.65 bits per heavy atom. The molecule has 0 spiro atoms. The number of nitrogens with zero attached hydrogens (tertiary/aromatic N) is 1. The minimum atomic E-state index is -0.963. The summed E-state index contributed by atoms with van der Waals surface area (Å²) >= 11 is 6.07. The van der Waals surface area contributed by atoms with Crippen molar-refractivity contribution in [1.29, 1.82) is 0 Å². The van der Waals surface area contributed by atoms with Gasteiger partial charge in [-0.15, -0.1) is 0 Å². The highest BCUT2D eigenvalue weighted by Gasteiger charge is 2.23. The molecule has 1 N–H and O–H groups in total. The van der Waals surface area contributed by atoms with Gasteiger partial charge in [0.05, 0.1) is 12.2 Å². The molecule has 1 fully saturated rings. The van der Waals surface area contributed by atoms with Crippen LogP contribution >= 0.6 is 11.6 Å². The molecule has 20 heavy (non-hydrogen) atoms. The molecule has 1 aliphatic rings. The lowest BCUT2D eigenvalue weighted by molar-refractivity contribution is -0.131. The topological polar surface area (TPSA) is 49.8 Å². The summed E-state index contributed by atoms with van der Waals surface area (Å²) in [6, 6.07) is 5.47. The number of morpholine rings is 1. The highest BCUT2D eigenvalue weighted by Crippen LogP contribution is 2.28. The van der Waals surface area contributed by atoms with Gasteiger partial charge in [0.15, 0.2) is 0 Å². The molecule has 1 heterocycles. The maximum atomic E-state index is 10.7. The minimum Gasteiger partial charge on any atom is -0.478 e. The van der Waals surface area contributed by atoms with Crippen molar-refractivity contribution in [1.82, 2.24) is 0 Å². The van der Waals surface area contributed by atoms with Crippen LogP contribution in [0.4, 0.5) is 5.69 Å². The van der Waals surface area contributed by atoms with E-state index in [-0.39, 0.29) is 12.2 Å². The number of carboxylic acid groups (broad SMARTS) is 1. The van der Waals surface area contributed by atoms with Crippen molar-refractivity contribution in [3.63, 3.8) is 0 Å². The van der Waals surface area contributed by atoms with Crippen molar-refractivity contribution >= 4 is 29.3 Å². The van der Waals surface area contributed by atoms with E-state index in [4.69, 9.17) is 21.4 Å². The van der Waals surface area contributed by atoms with Crippen LogP contribution in [-0.2, 0) is 9.53 Å². The number of hydrogen-bond acceptors (Lipinski definition) is 3. The summed E-state index contributed by atoms with van der Waals surface area (Å²) in [5.74, 6) is -0.963. The van der Waals surface area contributed by atoms with Crippen molar-refractivity contribution in [3.8, 4) is 0 Å². The second-order valence-corrected chi connectivity index (χ2v) is 5.47. The Morgan fingerprint density at radius 1 is 1.40 bits per heavy atom. The number of anilines is 1. The number of carboxylic acids is 1. The van der Waals surface area contributed by atoms with E-state index in [1.807, 2.05) is 26.0 Å². The Hall–Kier alpha value is -1.52. The quantitative estimate of drug-likeness (QED) is 0.871. The zero-order chi connectivity index (χ0) is 14.7. The van der Waals surface area contributed by atoms with Gasteiger partial charge < -0.3 is 14.7 Å². The van der Waals surface area contributed by atoms with Crippen molar-refractivity contribution in [3.05, 3.63) is 34.9 Å². The van der Waals surface area contributed by atoms with Gasteiger partial charge in [0.2, 0.25) is 0 Å². The van der Waals surface area contributed by atoms with Gasteiger partial charge in [-0.1, -0.05) is 17.7 Å². The number of rotatable bonds is 3. The van der Waals surface area contributed by atoms with Crippen molar-refractivity contribution in [2.75, 3.05) is 18.0 Å². The molecule has 5 heteroatoms. The number of halogens is 1. The Morgan fingerprint density at radius 2 is 2.05 bits per heavy atom. The number of carbonyl (C=O) groups is 1. The Bertz CT molecular complexity index is 520. The summed E-state index contributed by atoms with van der Waals surface area (Å²) in [7, 11) is 0. The standard InChI is InChI=1S/C15H18ClNO3/c1-10-8-17(9-11(2)20-10)14-7-13(16)5-3-12(14)4-6-15(18)19/h3-7,10-11H,8-9H2,1-2H3,(H,18,19)/b6-4+/t10-,11+. The van der Waals surface area contributed by atoms with E-state index >= 15 is 0 Å². The lowest BCUT2D eigenvalue weighted by Gasteiger charge is -2.37. The van der Waals surface area contributed by atoms with E-state index in [0.29, 0.717) is 5.02 Å². The molecule has 0 aliphatic carbocycles. The highest BCUT2D eigenvalue weighted by molar-refractivity contribution is 6.31. The van der Waals surface area contributed by atoms with E-state index in [0.717, 1.165) is 30.4 Å². The monoisotopic (exact) mass is 295 g/mol. The second kappa shape index (κ2) is 6.29. The molecule has 4 nitrogen and oxygen atoms in total. The van der Waals surface area contributed by atoms with Crippen LogP contribution < -0.4 is 4.90 Å². The second-order valence-electron chi connectivity index (χ2n) is 5.04. The van der Waals surface area contributed by atoms with Gasteiger partial charge in [-0.3, -0.25) is 0 Å². The van der Waals surface area contributed by atoms with Crippen LogP contribution in [0, 0.1) is 0 Å². The average molecular weight is 296 g/mol. The molecular weight excluding hydrogens is 278 g/mol. The zero-order valence-corrected chi connectivity index (χ0v) is 12.3. The van der Waals surface area contributed by atoms with Crippen LogP contribution in [0.2, 0.25) is 5.02 Å². The zero-order valence-electron chi connectivity index (χ0n) is 11.5. The maximum absolute atomic E-state index is 10.7. The number of hydrogen-bond donors (Lipinski definition) is 1. The summed E-state index contributed by atoms with van der Waals surface area (Å²) in [6.45, 7) is 5.58. The van der Waals surface area contributed by atoms with E-state index in [1.165, 1.54) is 0 Å². The third-order valence-electron chi connectivity index (χ3n) is 3.16. The normalized spacial score (nSPS) is 23.2. The summed E-state index contributed by atoms with van der Waals surface area (Å²) in [5, 5.41) is 9.41. The molecule has 1 aliphatic heterocycles. The van der Waals surface area contributed by atoms with Gasteiger partial charge in [0.1, 0.15) is 0 Å². The molecule has 0 aromatic heterocycles. The Kier molecular flexibility index (Phi) is 4.68. The van der Waals surface area contributed by atoms with Gasteiger partial charge in [-0.2, -0.15) is 0 Å². The first-order valence-corrected chi connectivity index (χ1v) is 6.94. The van der Waals surface area contributed by atoms with Gasteiger partial charge >= 0.3 is 5.97 Å². The average Bonchev–Trinajstić information content (AvgIpc) is 2.36. The number of benzene rings is 1. The largest absolute Gasteiger partial charge is 0.478 e. The maximum Gasteiger partial charge on any atom is 0.328 e. The molecule has 0 radical (unpaired) electrons. The third-order valence-corrected chi connectivity index (χ3v) is 3.39. The smallest absolute Gasteiger partial charge is 0.328 e. The van der Waals surface area contributed by atoms with Gasteiger partial charge in [-0.25, -0.2) is 4.79 Å². The molecule has 2 rings (SSSR count). The SMILES string of the molecule is C[C@@H]1CN(c2cc(Cl)ccc2/C=C/C(=O)O)C[C@H](C)O1. The lowest BCUT2D eigenvalue weighted by atomic mass is 10.1. The molecule has 108 valence electrons. The van der Waals surface area contributed by atoms with Crippen LogP contribution in [0.25, 0.3) is 6.08 Å². The summed E-state index contributed by atoms with van der Waals surface area (Å²) in [4.78, 5) is 12.9. The first-order chi connectivity index (χ1) is 9.45. The van der Waals surface area contributed by atoms with E-state index in [1.54, 1.807) is 12.1 Å². The molecular formula is C15H18ClNO3. The van der Waals surface area contributed by atoms with E-state index in [9.17, 15) is 4.79 Å². The minimum absolute atomic E-state index is 0.133. The van der Waals surface area contributed by atoms with E-state index in [2.05, 4.69) is 4.90 Å². The van der Waals surface area contributed by atoms with Crippen LogP contribution in [0.1, 0.15) is 19.4 Å². The van der Waals surface area contributed by atoms with Crippen molar-refractivity contribution in [2.45, 2.75) is 26.1 Å². The molecule has 1 saturated heterocycles. The van der Waals surface area contributed by atoms with Gasteiger partial charge in [0, 0.05) is 29.9 Å². The van der Waals surface area contributed by atoms with Crippen LogP contribution in [-0.4, -0.2) is 36.4 Å². The molecule has 2 atom stereocenters. The molecule has 0 saturated carbocycles. The molecule has 1 aromatic carbocycles. The van der Waals surface area contributed by atoms with E-state index < -0.39 is 5.97 Å². The summed E-state index contributed by atoms with van der Waals surface area (Å²) < 4.78 is 5.72. The van der Waals surface area contributed by atoms with Gasteiger partial charge in [0.25, 0.3) is 0 Å². The number of aliphatic carboxylic acids is 1. The summed E-state index contributed by atoms with van der Waals surface area (Å²) in [6.07, 6.45) is 3.00. The molecule has 1 aromatic rings. The fourth-order valence-corrected chi connectivity index (χ4v) is 2.63. The lowest BCUT2D eigenvalue weighted by Crippen LogP contribution is -2.45. The van der Waals surface area contributed by atoms with Crippen LogP contribution in [0.15, 0.2) is 24.3 Å². The molecule has 0 amide bonds. The third kappa shape index (κ3) is 3.74. The van der Waals surface area contributed by atoms with Crippen LogP contribution in [0.5, 0.6) is 0 Å². The summed E-state index contributed by atoms with van der Waals surface area (Å²) in [5.41, 5.74) is 1.79. The highest BCUT2D eigenvalue weighted by atomic mass is 35.5. The first-order valence-electron chi connectivity index (χ1n) is 6.56. The van der Waals surface area contributed by atoms with Gasteiger partial charge in [-0.05, 0) is 37.6 Å². The Balaban J connectivity index is 2.33. The molecule has 0 unspecified atom stereocenters. The van der Waals surface area contributed by atoms with Crippen molar-refractivity contribution in [2.24, 2.45) is 0 Å². The predicted molar refractivity (Wildman–Crippen MR) is 80.3 cm³/mol. The fraction of sp³-hybridized carbons (Fsp3) is 0.400. The van der Waals surface area contributed by atoms with Crippen LogP contribution in [0.3, 0.4) is 0 Å².